The smallest absolute Gasteiger partial charge is 0.416 e. The molecule has 9 heteroatoms. The summed E-state index contributed by atoms with van der Waals surface area (Å²) in [6, 6.07) is 11.9. The number of alkyl halides is 3. The molecule has 1 heterocycles. The Hall–Kier alpha value is -2.52. The summed E-state index contributed by atoms with van der Waals surface area (Å²) in [6.07, 6.45) is -4.57. The number of aryl methyl sites for hydroxylation is 1. The van der Waals surface area contributed by atoms with E-state index in [2.05, 4.69) is 41.8 Å². The molecule has 0 saturated carbocycles. The van der Waals surface area contributed by atoms with Crippen molar-refractivity contribution in [2.24, 2.45) is 0 Å². The third kappa shape index (κ3) is 3.91. The molecule has 0 aliphatic rings. The maximum Gasteiger partial charge on any atom is 0.416 e. The van der Waals surface area contributed by atoms with Gasteiger partial charge in [-0.05, 0) is 80.7 Å². The Bertz CT molecular complexity index is 1320. The summed E-state index contributed by atoms with van der Waals surface area (Å²) in [6.45, 7) is 1.48. The van der Waals surface area contributed by atoms with Crippen LogP contribution in [-0.2, 0) is 6.18 Å². The predicted molar refractivity (Wildman–Crippen MR) is 114 cm³/mol. The van der Waals surface area contributed by atoms with Crippen molar-refractivity contribution in [2.45, 2.75) is 13.1 Å². The fourth-order valence-electron chi connectivity index (χ4n) is 3.00. The molecule has 30 heavy (non-hydrogen) atoms. The zero-order chi connectivity index (χ0) is 21.6. The second kappa shape index (κ2) is 7.63. The van der Waals surface area contributed by atoms with E-state index in [9.17, 15) is 18.0 Å². The van der Waals surface area contributed by atoms with Crippen molar-refractivity contribution >= 4 is 59.9 Å². The molecule has 0 bridgehead atoms. The molecule has 0 aliphatic carbocycles. The van der Waals surface area contributed by atoms with Crippen molar-refractivity contribution in [1.82, 2.24) is 9.97 Å². The van der Waals surface area contributed by atoms with E-state index in [1.807, 2.05) is 6.07 Å². The molecule has 1 aromatic heterocycles. The van der Waals surface area contributed by atoms with E-state index in [1.54, 1.807) is 24.3 Å². The molecular formula is C21H11Br2F3N2O2. The number of hydrogen-bond donors (Lipinski definition) is 0. The number of carbonyl (C=O) groups excluding carboxylic acids is 1. The summed E-state index contributed by atoms with van der Waals surface area (Å²) >= 11 is 6.76. The van der Waals surface area contributed by atoms with Gasteiger partial charge in [-0.15, -0.1) is 0 Å². The van der Waals surface area contributed by atoms with Gasteiger partial charge in [-0.2, -0.15) is 13.2 Å². The van der Waals surface area contributed by atoms with Crippen molar-refractivity contribution in [1.29, 1.82) is 0 Å². The SMILES string of the molecule is Cc1cc(C(=O)Oc2c(Br)cc(Br)c3nc4ccccc4nc23)cc(C(F)(F)F)c1. The number of hydrogen-bond acceptors (Lipinski definition) is 4. The number of rotatable bonds is 2. The third-order valence-corrected chi connectivity index (χ3v) is 5.51. The average molecular weight is 540 g/mol. The molecule has 0 aliphatic heterocycles. The Kier molecular flexibility index (Phi) is 5.27. The van der Waals surface area contributed by atoms with Crippen LogP contribution in [0.2, 0.25) is 0 Å². The zero-order valence-corrected chi connectivity index (χ0v) is 18.4. The molecule has 4 nitrogen and oxygen atoms in total. The maximum atomic E-state index is 13.1. The second-order valence-electron chi connectivity index (χ2n) is 6.55. The number of para-hydroxylation sites is 2. The number of carbonyl (C=O) groups is 1. The quantitative estimate of drug-likeness (QED) is 0.159. The van der Waals surface area contributed by atoms with E-state index >= 15 is 0 Å². The minimum absolute atomic E-state index is 0.0755. The summed E-state index contributed by atoms with van der Waals surface area (Å²) in [4.78, 5) is 21.8. The van der Waals surface area contributed by atoms with Crippen molar-refractivity contribution in [3.05, 3.63) is 74.2 Å². The Labute approximate surface area is 185 Å². The van der Waals surface area contributed by atoms with E-state index in [-0.39, 0.29) is 11.3 Å². The van der Waals surface area contributed by atoms with E-state index < -0.39 is 17.7 Å². The van der Waals surface area contributed by atoms with Gasteiger partial charge in [0.2, 0.25) is 0 Å². The van der Waals surface area contributed by atoms with Gasteiger partial charge in [0.05, 0.1) is 26.6 Å². The minimum atomic E-state index is -4.57. The van der Waals surface area contributed by atoms with Gasteiger partial charge >= 0.3 is 12.1 Å². The molecule has 4 rings (SSSR count). The lowest BCUT2D eigenvalue weighted by Crippen LogP contribution is -2.13. The molecule has 0 N–H and O–H groups in total. The van der Waals surface area contributed by atoms with Crippen LogP contribution in [0.25, 0.3) is 22.1 Å². The van der Waals surface area contributed by atoms with Gasteiger partial charge < -0.3 is 4.74 Å². The van der Waals surface area contributed by atoms with Crippen LogP contribution < -0.4 is 4.74 Å². The number of ether oxygens (including phenoxy) is 1. The lowest BCUT2D eigenvalue weighted by molar-refractivity contribution is -0.137. The van der Waals surface area contributed by atoms with Gasteiger partial charge in [0, 0.05) is 4.47 Å². The van der Waals surface area contributed by atoms with Gasteiger partial charge in [-0.1, -0.05) is 12.1 Å². The molecule has 0 fully saturated rings. The summed E-state index contributed by atoms with van der Waals surface area (Å²) in [5.41, 5.74) is 1.16. The van der Waals surface area contributed by atoms with Gasteiger partial charge in [-0.3, -0.25) is 0 Å². The normalized spacial score (nSPS) is 11.8. The highest BCUT2D eigenvalue weighted by molar-refractivity contribution is 9.11. The highest BCUT2D eigenvalue weighted by Gasteiger charge is 2.32. The average Bonchev–Trinajstić information content (AvgIpc) is 2.68. The Morgan fingerprint density at radius 2 is 1.57 bits per heavy atom. The topological polar surface area (TPSA) is 52.1 Å². The van der Waals surface area contributed by atoms with Gasteiger partial charge in [0.15, 0.2) is 5.75 Å². The second-order valence-corrected chi connectivity index (χ2v) is 8.26. The molecule has 0 atom stereocenters. The van der Waals surface area contributed by atoms with Crippen molar-refractivity contribution in [2.75, 3.05) is 0 Å². The number of benzene rings is 3. The highest BCUT2D eigenvalue weighted by atomic mass is 79.9. The largest absolute Gasteiger partial charge is 0.419 e. The predicted octanol–water partition coefficient (Wildman–Crippen LogP) is 6.85. The molecule has 0 radical (unpaired) electrons. The van der Waals surface area contributed by atoms with Crippen LogP contribution in [-0.4, -0.2) is 15.9 Å². The first-order valence-electron chi connectivity index (χ1n) is 8.59. The number of fused-ring (bicyclic) bond motifs is 2. The van der Waals surface area contributed by atoms with E-state index in [0.29, 0.717) is 36.6 Å². The monoisotopic (exact) mass is 538 g/mol. The first-order valence-corrected chi connectivity index (χ1v) is 10.2. The summed E-state index contributed by atoms with van der Waals surface area (Å²) < 4.78 is 45.9. The lowest BCUT2D eigenvalue weighted by Gasteiger charge is -2.13. The number of aromatic nitrogens is 2. The Balaban J connectivity index is 1.83. The molecule has 0 unspecified atom stereocenters. The van der Waals surface area contributed by atoms with Crippen LogP contribution in [0.4, 0.5) is 13.2 Å². The third-order valence-electron chi connectivity index (χ3n) is 4.32. The number of esters is 1. The van der Waals surface area contributed by atoms with Crippen LogP contribution in [0, 0.1) is 6.92 Å². The van der Waals surface area contributed by atoms with E-state index in [0.717, 1.165) is 12.1 Å². The molecular weight excluding hydrogens is 529 g/mol. The van der Waals surface area contributed by atoms with E-state index in [1.165, 1.54) is 13.0 Å². The van der Waals surface area contributed by atoms with E-state index in [4.69, 9.17) is 4.74 Å². The molecule has 0 saturated heterocycles. The molecule has 0 amide bonds. The number of halogens is 5. The maximum absolute atomic E-state index is 13.1. The van der Waals surface area contributed by atoms with Crippen LogP contribution in [0.5, 0.6) is 5.75 Å². The van der Waals surface area contributed by atoms with Crippen LogP contribution >= 0.6 is 31.9 Å². The van der Waals surface area contributed by atoms with Crippen LogP contribution in [0.1, 0.15) is 21.5 Å². The molecule has 4 aromatic rings. The summed E-state index contributed by atoms with van der Waals surface area (Å²) in [5, 5.41) is 0. The van der Waals surface area contributed by atoms with Gasteiger partial charge in [-0.25, -0.2) is 14.8 Å². The van der Waals surface area contributed by atoms with Crippen molar-refractivity contribution in [3.63, 3.8) is 0 Å². The first-order chi connectivity index (χ1) is 14.1. The fourth-order valence-corrected chi connectivity index (χ4v) is 4.31. The Morgan fingerprint density at radius 1 is 0.933 bits per heavy atom. The minimum Gasteiger partial charge on any atom is -0.419 e. The lowest BCUT2D eigenvalue weighted by atomic mass is 10.1. The van der Waals surface area contributed by atoms with Crippen molar-refractivity contribution < 1.29 is 22.7 Å². The highest BCUT2D eigenvalue weighted by Crippen LogP contribution is 2.38. The summed E-state index contributed by atoms with van der Waals surface area (Å²) in [7, 11) is 0. The van der Waals surface area contributed by atoms with Crippen LogP contribution in [0.15, 0.2) is 57.5 Å². The van der Waals surface area contributed by atoms with Gasteiger partial charge in [0.25, 0.3) is 0 Å². The standard InChI is InChI=1S/C21H11Br2F3N2O2/c1-10-6-11(8-12(7-10)21(24,25)26)20(29)30-19-14(23)9-13(22)17-18(19)28-16-5-3-2-4-15(16)27-17/h2-9H,1H3. The fraction of sp³-hybridized carbons (Fsp3) is 0.0952. The molecule has 152 valence electrons. The van der Waals surface area contributed by atoms with Crippen LogP contribution in [0.3, 0.4) is 0 Å². The van der Waals surface area contributed by atoms with Gasteiger partial charge in [0.1, 0.15) is 11.0 Å². The first kappa shape index (κ1) is 20.7. The summed E-state index contributed by atoms with van der Waals surface area (Å²) in [5.74, 6) is -0.852. The molecule has 3 aromatic carbocycles. The number of nitrogens with zero attached hydrogens (tertiary/aromatic N) is 2. The zero-order valence-electron chi connectivity index (χ0n) is 15.2. The molecule has 0 spiro atoms. The Morgan fingerprint density at radius 3 is 2.20 bits per heavy atom. The van der Waals surface area contributed by atoms with Crippen molar-refractivity contribution in [3.8, 4) is 5.75 Å².